The third-order valence-corrected chi connectivity index (χ3v) is 0.995. The van der Waals surface area contributed by atoms with Gasteiger partial charge in [-0.05, 0) is 6.92 Å². The van der Waals surface area contributed by atoms with Crippen molar-refractivity contribution in [3.63, 3.8) is 0 Å². The highest BCUT2D eigenvalue weighted by molar-refractivity contribution is 5.29. The lowest BCUT2D eigenvalue weighted by Gasteiger charge is -1.91. The van der Waals surface area contributed by atoms with Crippen LogP contribution in [-0.2, 0) is 0 Å². The quantitative estimate of drug-likeness (QED) is 0.469. The molecule has 0 saturated heterocycles. The summed E-state index contributed by atoms with van der Waals surface area (Å²) in [5, 5.41) is 13.9. The third kappa shape index (κ3) is 1.25. The van der Waals surface area contributed by atoms with E-state index >= 15 is 0 Å². The van der Waals surface area contributed by atoms with Gasteiger partial charge in [-0.3, -0.25) is 4.98 Å². The standard InChI is InChI=1S/C5H6N4O/c1-4-5(8-9-10)7-3-2-6-4/h2-3H,1H3,(H,7,8,10). The monoisotopic (exact) mass is 138 g/mol. The van der Waals surface area contributed by atoms with E-state index in [9.17, 15) is 0 Å². The zero-order valence-corrected chi connectivity index (χ0v) is 5.39. The molecule has 0 aliphatic rings. The van der Waals surface area contributed by atoms with E-state index < -0.39 is 0 Å². The average Bonchev–Trinajstić information content (AvgIpc) is 1.94. The molecular formula is C5H6N4O. The summed E-state index contributed by atoms with van der Waals surface area (Å²) < 4.78 is 0. The molecule has 1 N–H and O–H groups in total. The molecule has 0 bridgehead atoms. The Hall–Kier alpha value is -1.52. The topological polar surface area (TPSA) is 70.7 Å². The van der Waals surface area contributed by atoms with Crippen LogP contribution in [0, 0.1) is 6.92 Å². The number of rotatable bonds is 1. The molecule has 1 heterocycles. The Kier molecular flexibility index (Phi) is 1.89. The van der Waals surface area contributed by atoms with Gasteiger partial charge in [0.1, 0.15) is 0 Å². The Morgan fingerprint density at radius 2 is 2.10 bits per heavy atom. The van der Waals surface area contributed by atoms with E-state index in [1.54, 1.807) is 13.1 Å². The molecule has 0 unspecified atom stereocenters. The molecule has 0 spiro atoms. The minimum atomic E-state index is 0.338. The molecular weight excluding hydrogens is 132 g/mol. The van der Waals surface area contributed by atoms with Crippen molar-refractivity contribution in [1.29, 1.82) is 0 Å². The number of hydrogen-bond donors (Lipinski definition) is 1. The van der Waals surface area contributed by atoms with Gasteiger partial charge in [0.15, 0.2) is 5.82 Å². The van der Waals surface area contributed by atoms with Gasteiger partial charge in [-0.1, -0.05) is 5.11 Å². The summed E-state index contributed by atoms with van der Waals surface area (Å²) in [4.78, 5) is 7.66. The van der Waals surface area contributed by atoms with Crippen LogP contribution in [0.3, 0.4) is 0 Å². The zero-order chi connectivity index (χ0) is 7.40. The molecule has 0 aliphatic carbocycles. The minimum absolute atomic E-state index is 0.338. The smallest absolute Gasteiger partial charge is 0.199 e. The first kappa shape index (κ1) is 6.60. The van der Waals surface area contributed by atoms with E-state index in [4.69, 9.17) is 5.21 Å². The lowest BCUT2D eigenvalue weighted by molar-refractivity contribution is 0.288. The van der Waals surface area contributed by atoms with Gasteiger partial charge in [-0.2, -0.15) is 0 Å². The average molecular weight is 138 g/mol. The molecule has 1 aromatic heterocycles. The van der Waals surface area contributed by atoms with Gasteiger partial charge in [-0.15, -0.1) is 0 Å². The van der Waals surface area contributed by atoms with Crippen molar-refractivity contribution >= 4 is 5.82 Å². The van der Waals surface area contributed by atoms with Crippen LogP contribution in [0.1, 0.15) is 5.69 Å². The Morgan fingerprint density at radius 3 is 2.70 bits per heavy atom. The highest BCUT2D eigenvalue weighted by atomic mass is 16.5. The van der Waals surface area contributed by atoms with Crippen LogP contribution in [0.25, 0.3) is 0 Å². The highest BCUT2D eigenvalue weighted by Gasteiger charge is 1.94. The summed E-state index contributed by atoms with van der Waals surface area (Å²) in [6.07, 6.45) is 3.03. The Morgan fingerprint density at radius 1 is 1.40 bits per heavy atom. The van der Waals surface area contributed by atoms with Crippen LogP contribution in [0.2, 0.25) is 0 Å². The summed E-state index contributed by atoms with van der Waals surface area (Å²) in [5.41, 5.74) is 0.639. The van der Waals surface area contributed by atoms with Crippen molar-refractivity contribution in [1.82, 2.24) is 9.97 Å². The number of aromatic nitrogens is 2. The van der Waals surface area contributed by atoms with E-state index in [1.165, 1.54) is 6.20 Å². The highest BCUT2D eigenvalue weighted by Crippen LogP contribution is 2.09. The second-order valence-corrected chi connectivity index (χ2v) is 1.65. The Balaban J connectivity index is 3.03. The van der Waals surface area contributed by atoms with Crippen LogP contribution in [0.5, 0.6) is 0 Å². The molecule has 5 nitrogen and oxygen atoms in total. The second-order valence-electron chi connectivity index (χ2n) is 1.65. The first-order valence-corrected chi connectivity index (χ1v) is 2.67. The fourth-order valence-electron chi connectivity index (χ4n) is 0.541. The van der Waals surface area contributed by atoms with Gasteiger partial charge in [0.2, 0.25) is 0 Å². The predicted molar refractivity (Wildman–Crippen MR) is 33.1 cm³/mol. The molecule has 1 rings (SSSR count). The molecule has 5 heteroatoms. The summed E-state index contributed by atoms with van der Waals surface area (Å²) in [7, 11) is 0. The maximum atomic E-state index is 8.03. The van der Waals surface area contributed by atoms with Gasteiger partial charge in [-0.25, -0.2) is 4.98 Å². The summed E-state index contributed by atoms with van der Waals surface area (Å²) in [6.45, 7) is 1.73. The van der Waals surface area contributed by atoms with Crippen LogP contribution < -0.4 is 0 Å². The molecule has 0 atom stereocenters. The fraction of sp³-hybridized carbons (Fsp3) is 0.200. The van der Waals surface area contributed by atoms with E-state index in [1.807, 2.05) is 0 Å². The minimum Gasteiger partial charge on any atom is -0.394 e. The van der Waals surface area contributed by atoms with E-state index in [2.05, 4.69) is 20.4 Å². The van der Waals surface area contributed by atoms with Gasteiger partial charge >= 0.3 is 0 Å². The van der Waals surface area contributed by atoms with Gasteiger partial charge in [0, 0.05) is 17.7 Å². The maximum Gasteiger partial charge on any atom is 0.199 e. The molecule has 10 heavy (non-hydrogen) atoms. The van der Waals surface area contributed by atoms with Gasteiger partial charge in [0.05, 0.1) is 5.69 Å². The lowest BCUT2D eigenvalue weighted by Crippen LogP contribution is -1.82. The van der Waals surface area contributed by atoms with Crippen molar-refractivity contribution in [3.05, 3.63) is 18.1 Å². The number of aryl methyl sites for hydroxylation is 1. The first-order chi connectivity index (χ1) is 4.84. The van der Waals surface area contributed by atoms with Crippen LogP contribution in [0.15, 0.2) is 22.8 Å². The summed E-state index contributed by atoms with van der Waals surface area (Å²) >= 11 is 0. The lowest BCUT2D eigenvalue weighted by atomic mass is 10.5. The summed E-state index contributed by atoms with van der Waals surface area (Å²) in [6, 6.07) is 0. The molecule has 0 amide bonds. The first-order valence-electron chi connectivity index (χ1n) is 2.67. The molecule has 0 radical (unpaired) electrons. The second kappa shape index (κ2) is 2.86. The largest absolute Gasteiger partial charge is 0.394 e. The van der Waals surface area contributed by atoms with E-state index in [0.29, 0.717) is 11.5 Å². The number of nitrogens with zero attached hydrogens (tertiary/aromatic N) is 4. The molecule has 1 aromatic rings. The normalized spacial score (nSPS) is 10.5. The Bertz CT molecular complexity index is 247. The van der Waals surface area contributed by atoms with Crippen molar-refractivity contribution in [2.75, 3.05) is 0 Å². The Labute approximate surface area is 57.4 Å². The van der Waals surface area contributed by atoms with Crippen LogP contribution in [-0.4, -0.2) is 15.2 Å². The molecule has 0 fully saturated rings. The number of hydrogen-bond acceptors (Lipinski definition) is 4. The van der Waals surface area contributed by atoms with Gasteiger partial charge < -0.3 is 5.21 Å². The molecule has 0 aromatic carbocycles. The fourth-order valence-corrected chi connectivity index (χ4v) is 0.541. The molecule has 52 valence electrons. The molecule has 0 aliphatic heterocycles. The maximum absolute atomic E-state index is 8.03. The van der Waals surface area contributed by atoms with Gasteiger partial charge in [0.25, 0.3) is 0 Å². The predicted octanol–water partition coefficient (Wildman–Crippen LogP) is 1.26. The van der Waals surface area contributed by atoms with Crippen LogP contribution >= 0.6 is 0 Å². The van der Waals surface area contributed by atoms with Crippen LogP contribution in [0.4, 0.5) is 5.82 Å². The third-order valence-electron chi connectivity index (χ3n) is 0.995. The molecule has 0 saturated carbocycles. The van der Waals surface area contributed by atoms with Crippen molar-refractivity contribution in [2.24, 2.45) is 10.4 Å². The zero-order valence-electron chi connectivity index (χ0n) is 5.39. The van der Waals surface area contributed by atoms with Crippen molar-refractivity contribution in [2.45, 2.75) is 6.92 Å². The van der Waals surface area contributed by atoms with Crippen molar-refractivity contribution in [3.8, 4) is 0 Å². The van der Waals surface area contributed by atoms with E-state index in [0.717, 1.165) is 0 Å². The summed E-state index contributed by atoms with van der Waals surface area (Å²) in [5.74, 6) is 0.338. The van der Waals surface area contributed by atoms with Crippen molar-refractivity contribution < 1.29 is 5.21 Å². The SMILES string of the molecule is Cc1nccnc1N=NO. The van der Waals surface area contributed by atoms with E-state index in [-0.39, 0.29) is 0 Å².